The Balaban J connectivity index is 2.11. The van der Waals surface area contributed by atoms with Gasteiger partial charge in [0.2, 0.25) is 20.0 Å². The molecule has 23 heavy (non-hydrogen) atoms. The van der Waals surface area contributed by atoms with Gasteiger partial charge >= 0.3 is 0 Å². The van der Waals surface area contributed by atoms with Gasteiger partial charge in [-0.05, 0) is 43.9 Å². The monoisotopic (exact) mass is 365 g/mol. The molecule has 10 heteroatoms. The van der Waals surface area contributed by atoms with E-state index in [1.54, 1.807) is 0 Å². The van der Waals surface area contributed by atoms with Crippen molar-refractivity contribution in [3.8, 4) is 0 Å². The summed E-state index contributed by atoms with van der Waals surface area (Å²) < 4.78 is 65.4. The van der Waals surface area contributed by atoms with Gasteiger partial charge in [0.25, 0.3) is 0 Å². The van der Waals surface area contributed by atoms with Gasteiger partial charge in [0, 0.05) is 12.6 Å². The lowest BCUT2D eigenvalue weighted by molar-refractivity contribution is 0.546. The lowest BCUT2D eigenvalue weighted by Gasteiger charge is -2.13. The van der Waals surface area contributed by atoms with Gasteiger partial charge in [0.1, 0.15) is 5.82 Å². The summed E-state index contributed by atoms with van der Waals surface area (Å²) in [5, 5.41) is 0. The largest absolute Gasteiger partial charge is 0.326 e. The van der Waals surface area contributed by atoms with Gasteiger partial charge in [-0.1, -0.05) is 0 Å². The van der Waals surface area contributed by atoms with Gasteiger partial charge in [-0.3, -0.25) is 4.72 Å². The molecule has 130 valence electrons. The van der Waals surface area contributed by atoms with Gasteiger partial charge in [0.15, 0.2) is 0 Å². The molecular weight excluding hydrogens is 345 g/mol. The van der Waals surface area contributed by atoms with Crippen molar-refractivity contribution in [2.75, 3.05) is 17.0 Å². The minimum Gasteiger partial charge on any atom is -0.326 e. The molecule has 1 aromatic carbocycles. The highest BCUT2D eigenvalue weighted by atomic mass is 32.2. The molecule has 1 aliphatic carbocycles. The van der Waals surface area contributed by atoms with Crippen LogP contribution < -0.4 is 15.2 Å². The molecule has 0 spiro atoms. The van der Waals surface area contributed by atoms with Crippen molar-refractivity contribution in [2.24, 2.45) is 11.7 Å². The molecule has 0 heterocycles. The highest BCUT2D eigenvalue weighted by molar-refractivity contribution is 7.92. The lowest BCUT2D eigenvalue weighted by atomic mass is 10.2. The molecule has 7 nitrogen and oxygen atoms in total. The summed E-state index contributed by atoms with van der Waals surface area (Å²) in [6, 6.07) is 2.74. The van der Waals surface area contributed by atoms with Crippen molar-refractivity contribution < 1.29 is 21.2 Å². The number of halogens is 1. The van der Waals surface area contributed by atoms with E-state index in [4.69, 9.17) is 5.73 Å². The molecule has 1 fully saturated rings. The van der Waals surface area contributed by atoms with Crippen LogP contribution in [0.15, 0.2) is 23.1 Å². The standard InChI is InChI=1S/C13H20FN3O4S2/c1-2-22(18,19)17-13-6-5-10(7-11(13)14)23(20,21)16-8-12(15)9-3-4-9/h5-7,9,12,16-17H,2-4,8,15H2,1H3. The molecule has 1 saturated carbocycles. The minimum absolute atomic E-state index is 0.0822. The second kappa shape index (κ2) is 6.71. The normalized spacial score (nSPS) is 17.0. The van der Waals surface area contributed by atoms with E-state index in [9.17, 15) is 21.2 Å². The first kappa shape index (κ1) is 18.1. The number of hydrogen-bond donors (Lipinski definition) is 3. The molecule has 1 unspecified atom stereocenters. The van der Waals surface area contributed by atoms with E-state index in [1.165, 1.54) is 6.92 Å². The van der Waals surface area contributed by atoms with E-state index >= 15 is 0 Å². The third kappa shape index (κ3) is 4.87. The summed E-state index contributed by atoms with van der Waals surface area (Å²) in [5.74, 6) is -0.843. The minimum atomic E-state index is -3.90. The Bertz CT molecular complexity index is 776. The van der Waals surface area contributed by atoms with Crippen LogP contribution in [-0.4, -0.2) is 35.2 Å². The molecule has 1 atom stereocenters. The molecular formula is C13H20FN3O4S2. The number of nitrogens with one attached hydrogen (secondary N) is 2. The van der Waals surface area contributed by atoms with Crippen LogP contribution in [0.3, 0.4) is 0 Å². The zero-order chi connectivity index (χ0) is 17.3. The predicted octanol–water partition coefficient (Wildman–Crippen LogP) is 0.603. The van der Waals surface area contributed by atoms with E-state index in [-0.39, 0.29) is 28.9 Å². The number of sulfonamides is 2. The number of anilines is 1. The molecule has 0 amide bonds. The van der Waals surface area contributed by atoms with Crippen LogP contribution in [0.25, 0.3) is 0 Å². The van der Waals surface area contributed by atoms with Crippen molar-refractivity contribution in [3.05, 3.63) is 24.0 Å². The smallest absolute Gasteiger partial charge is 0.240 e. The quantitative estimate of drug-likeness (QED) is 0.623. The van der Waals surface area contributed by atoms with Crippen molar-refractivity contribution in [3.63, 3.8) is 0 Å². The third-order valence-electron chi connectivity index (χ3n) is 3.63. The fourth-order valence-corrected chi connectivity index (χ4v) is 3.70. The van der Waals surface area contributed by atoms with Gasteiger partial charge < -0.3 is 5.73 Å². The summed E-state index contributed by atoms with van der Waals surface area (Å²) in [7, 11) is -7.54. The Kier molecular flexibility index (Phi) is 5.29. The SMILES string of the molecule is CCS(=O)(=O)Nc1ccc(S(=O)(=O)NCC(N)C2CC2)cc1F. The first-order valence-corrected chi connectivity index (χ1v) is 10.3. The average Bonchev–Trinajstić information content (AvgIpc) is 3.31. The Morgan fingerprint density at radius 3 is 2.48 bits per heavy atom. The van der Waals surface area contributed by atoms with Gasteiger partial charge in [-0.15, -0.1) is 0 Å². The molecule has 0 radical (unpaired) electrons. The van der Waals surface area contributed by atoms with Gasteiger partial charge in [-0.25, -0.2) is 25.9 Å². The average molecular weight is 365 g/mol. The summed E-state index contributed by atoms with van der Waals surface area (Å²) in [5.41, 5.74) is 5.53. The number of rotatable bonds is 8. The predicted molar refractivity (Wildman–Crippen MR) is 85.4 cm³/mol. The molecule has 4 N–H and O–H groups in total. The van der Waals surface area contributed by atoms with Crippen LogP contribution >= 0.6 is 0 Å². The van der Waals surface area contributed by atoms with Crippen LogP contribution in [0.1, 0.15) is 19.8 Å². The lowest BCUT2D eigenvalue weighted by Crippen LogP contribution is -2.38. The zero-order valence-electron chi connectivity index (χ0n) is 12.6. The molecule has 0 saturated heterocycles. The molecule has 1 aliphatic rings. The van der Waals surface area contributed by atoms with Crippen LogP contribution in [0.4, 0.5) is 10.1 Å². The van der Waals surface area contributed by atoms with Crippen LogP contribution in [0, 0.1) is 11.7 Å². The first-order chi connectivity index (χ1) is 10.6. The Morgan fingerprint density at radius 1 is 1.30 bits per heavy atom. The maximum absolute atomic E-state index is 13.9. The van der Waals surface area contributed by atoms with Gasteiger partial charge in [-0.2, -0.15) is 0 Å². The van der Waals surface area contributed by atoms with Crippen molar-refractivity contribution in [1.29, 1.82) is 0 Å². The first-order valence-electron chi connectivity index (χ1n) is 7.20. The highest BCUT2D eigenvalue weighted by Gasteiger charge is 2.29. The maximum atomic E-state index is 13.9. The maximum Gasteiger partial charge on any atom is 0.240 e. The molecule has 1 aromatic rings. The van der Waals surface area contributed by atoms with Crippen LogP contribution in [0.5, 0.6) is 0 Å². The topological polar surface area (TPSA) is 118 Å². The van der Waals surface area contributed by atoms with Crippen molar-refractivity contribution in [1.82, 2.24) is 4.72 Å². The zero-order valence-corrected chi connectivity index (χ0v) is 14.3. The van der Waals surface area contributed by atoms with Crippen LogP contribution in [0.2, 0.25) is 0 Å². The Labute approximate surface area is 135 Å². The number of benzene rings is 1. The molecule has 0 aliphatic heterocycles. The third-order valence-corrected chi connectivity index (χ3v) is 6.35. The fraction of sp³-hybridized carbons (Fsp3) is 0.538. The summed E-state index contributed by atoms with van der Waals surface area (Å²) in [6.45, 7) is 1.49. The molecule has 0 bridgehead atoms. The van der Waals surface area contributed by atoms with Crippen molar-refractivity contribution in [2.45, 2.75) is 30.7 Å². The summed E-state index contributed by atoms with van der Waals surface area (Å²) in [4.78, 5) is -0.280. The van der Waals surface area contributed by atoms with Crippen molar-refractivity contribution >= 4 is 25.7 Å². The second-order valence-electron chi connectivity index (χ2n) is 5.50. The van der Waals surface area contributed by atoms with E-state index < -0.39 is 25.9 Å². The summed E-state index contributed by atoms with van der Waals surface area (Å²) >= 11 is 0. The molecule has 0 aromatic heterocycles. The van der Waals surface area contributed by atoms with E-state index in [1.807, 2.05) is 0 Å². The van der Waals surface area contributed by atoms with Gasteiger partial charge in [0.05, 0.1) is 16.3 Å². The highest BCUT2D eigenvalue weighted by Crippen LogP contribution is 2.31. The Hall–Kier alpha value is -1.23. The fourth-order valence-electron chi connectivity index (χ4n) is 1.97. The number of nitrogens with two attached hydrogens (primary N) is 1. The Morgan fingerprint density at radius 2 is 1.96 bits per heavy atom. The van der Waals surface area contributed by atoms with E-state index in [0.29, 0.717) is 5.92 Å². The summed E-state index contributed by atoms with van der Waals surface area (Å²) in [6.07, 6.45) is 1.98. The van der Waals surface area contributed by atoms with E-state index in [2.05, 4.69) is 9.44 Å². The molecule has 2 rings (SSSR count). The second-order valence-corrected chi connectivity index (χ2v) is 9.28. The number of hydrogen-bond acceptors (Lipinski definition) is 5. The van der Waals surface area contributed by atoms with Crippen LogP contribution in [-0.2, 0) is 20.0 Å². The van der Waals surface area contributed by atoms with E-state index in [0.717, 1.165) is 31.0 Å².